The summed E-state index contributed by atoms with van der Waals surface area (Å²) in [5, 5.41) is 24.8. The first-order chi connectivity index (χ1) is 15.5. The fourth-order valence-corrected chi connectivity index (χ4v) is 3.28. The highest BCUT2D eigenvalue weighted by atomic mass is 16.4. The molecule has 0 atom stereocenters. The second-order valence-electron chi connectivity index (χ2n) is 7.03. The highest BCUT2D eigenvalue weighted by Gasteiger charge is 2.20. The number of fused-ring (bicyclic) bond motifs is 1. The van der Waals surface area contributed by atoms with Crippen molar-refractivity contribution in [3.05, 3.63) is 83.9 Å². The molecule has 0 saturated heterocycles. The minimum atomic E-state index is -1.19. The molecule has 160 valence electrons. The third-order valence-corrected chi connectivity index (χ3v) is 4.79. The van der Waals surface area contributed by atoms with Gasteiger partial charge < -0.3 is 20.8 Å². The Labute approximate surface area is 183 Å². The number of aromatic hydroxyl groups is 1. The number of rotatable bonds is 7. The fraction of sp³-hybridized carbons (Fsp3) is 0.0833. The predicted octanol–water partition coefficient (Wildman–Crippen LogP) is 3.43. The summed E-state index contributed by atoms with van der Waals surface area (Å²) in [5.41, 5.74) is 2.79. The van der Waals surface area contributed by atoms with Crippen molar-refractivity contribution in [1.29, 1.82) is 0 Å². The van der Waals surface area contributed by atoms with Crippen molar-refractivity contribution in [2.45, 2.75) is 6.54 Å². The second kappa shape index (κ2) is 9.13. The van der Waals surface area contributed by atoms with Gasteiger partial charge in [0.1, 0.15) is 29.1 Å². The summed E-state index contributed by atoms with van der Waals surface area (Å²) >= 11 is 0. The quantitative estimate of drug-likeness (QED) is 0.355. The van der Waals surface area contributed by atoms with E-state index in [1.165, 1.54) is 6.07 Å². The van der Waals surface area contributed by atoms with Crippen LogP contribution in [0.3, 0.4) is 0 Å². The lowest BCUT2D eigenvalue weighted by Gasteiger charge is -2.14. The number of aromatic nitrogens is 2. The maximum Gasteiger partial charge on any atom is 0.322 e. The molecule has 32 heavy (non-hydrogen) atoms. The zero-order valence-electron chi connectivity index (χ0n) is 16.9. The van der Waals surface area contributed by atoms with Gasteiger partial charge in [-0.1, -0.05) is 60.7 Å². The molecule has 0 aliphatic heterocycles. The van der Waals surface area contributed by atoms with E-state index in [0.717, 1.165) is 11.1 Å². The monoisotopic (exact) mass is 428 g/mol. The lowest BCUT2D eigenvalue weighted by molar-refractivity contribution is -0.135. The Morgan fingerprint density at radius 2 is 1.56 bits per heavy atom. The van der Waals surface area contributed by atoms with Gasteiger partial charge in [-0.3, -0.25) is 9.59 Å². The molecule has 0 aliphatic rings. The molecule has 3 aromatic carbocycles. The van der Waals surface area contributed by atoms with E-state index in [4.69, 9.17) is 5.11 Å². The van der Waals surface area contributed by atoms with Crippen LogP contribution in [0.15, 0.2) is 72.8 Å². The SMILES string of the molecule is O=C(O)CNC(=O)c1c(O)ccc2nc(NCc3ccccc3)c(-c3ccccc3)nc12. The topological polar surface area (TPSA) is 124 Å². The van der Waals surface area contributed by atoms with Crippen LogP contribution in [0.25, 0.3) is 22.3 Å². The highest BCUT2D eigenvalue weighted by molar-refractivity contribution is 6.08. The van der Waals surface area contributed by atoms with Crippen LogP contribution in [-0.2, 0) is 11.3 Å². The molecule has 0 aliphatic carbocycles. The van der Waals surface area contributed by atoms with Crippen LogP contribution < -0.4 is 10.6 Å². The summed E-state index contributed by atoms with van der Waals surface area (Å²) in [6.07, 6.45) is 0. The van der Waals surface area contributed by atoms with Gasteiger partial charge in [-0.15, -0.1) is 0 Å². The first-order valence-electron chi connectivity index (χ1n) is 9.90. The zero-order valence-corrected chi connectivity index (χ0v) is 16.9. The number of carbonyl (C=O) groups excluding carboxylic acids is 1. The van der Waals surface area contributed by atoms with E-state index in [0.29, 0.717) is 23.6 Å². The molecule has 4 N–H and O–H groups in total. The molecule has 0 radical (unpaired) electrons. The Balaban J connectivity index is 1.82. The molecule has 0 unspecified atom stereocenters. The molecule has 1 aromatic heterocycles. The van der Waals surface area contributed by atoms with Crippen LogP contribution in [0.4, 0.5) is 5.82 Å². The second-order valence-corrected chi connectivity index (χ2v) is 7.03. The molecule has 0 saturated carbocycles. The van der Waals surface area contributed by atoms with Crippen LogP contribution >= 0.6 is 0 Å². The number of nitrogens with one attached hydrogen (secondary N) is 2. The molecule has 0 spiro atoms. The number of carboxylic acid groups (broad SMARTS) is 1. The number of anilines is 1. The lowest BCUT2D eigenvalue weighted by Crippen LogP contribution is -2.29. The maximum atomic E-state index is 12.6. The van der Waals surface area contributed by atoms with Crippen molar-refractivity contribution in [3.8, 4) is 17.0 Å². The molecule has 0 fully saturated rings. The summed E-state index contributed by atoms with van der Waals surface area (Å²) in [5.74, 6) is -1.72. The van der Waals surface area contributed by atoms with Crippen LogP contribution in [0, 0.1) is 0 Å². The van der Waals surface area contributed by atoms with Crippen molar-refractivity contribution in [2.75, 3.05) is 11.9 Å². The number of aliphatic carboxylic acids is 1. The number of phenols is 1. The van der Waals surface area contributed by atoms with Gasteiger partial charge in [0.15, 0.2) is 5.82 Å². The van der Waals surface area contributed by atoms with Gasteiger partial charge >= 0.3 is 5.97 Å². The average molecular weight is 428 g/mol. The average Bonchev–Trinajstić information content (AvgIpc) is 2.82. The minimum absolute atomic E-state index is 0.122. The van der Waals surface area contributed by atoms with Gasteiger partial charge in [-0.05, 0) is 17.7 Å². The molecule has 1 amide bonds. The Kier molecular flexibility index (Phi) is 5.94. The Morgan fingerprint density at radius 1 is 0.875 bits per heavy atom. The van der Waals surface area contributed by atoms with Crippen LogP contribution in [0.5, 0.6) is 5.75 Å². The molecule has 4 rings (SSSR count). The molecule has 8 nitrogen and oxygen atoms in total. The van der Waals surface area contributed by atoms with E-state index < -0.39 is 18.4 Å². The van der Waals surface area contributed by atoms with Crippen molar-refractivity contribution in [3.63, 3.8) is 0 Å². The van der Waals surface area contributed by atoms with Gasteiger partial charge in [0, 0.05) is 12.1 Å². The van der Waals surface area contributed by atoms with Gasteiger partial charge in [0.05, 0.1) is 5.52 Å². The number of benzene rings is 3. The molecule has 0 bridgehead atoms. The number of hydrogen-bond acceptors (Lipinski definition) is 6. The number of carbonyl (C=O) groups is 2. The summed E-state index contributed by atoms with van der Waals surface area (Å²) < 4.78 is 0. The van der Waals surface area contributed by atoms with E-state index in [2.05, 4.69) is 20.6 Å². The van der Waals surface area contributed by atoms with E-state index >= 15 is 0 Å². The van der Waals surface area contributed by atoms with Gasteiger partial charge in [0.25, 0.3) is 5.91 Å². The molecule has 8 heteroatoms. The lowest BCUT2D eigenvalue weighted by atomic mass is 10.1. The molecular weight excluding hydrogens is 408 g/mol. The van der Waals surface area contributed by atoms with E-state index in [-0.39, 0.29) is 16.8 Å². The Morgan fingerprint density at radius 3 is 2.25 bits per heavy atom. The summed E-state index contributed by atoms with van der Waals surface area (Å²) in [4.78, 5) is 32.8. The third-order valence-electron chi connectivity index (χ3n) is 4.79. The highest BCUT2D eigenvalue weighted by Crippen LogP contribution is 2.31. The summed E-state index contributed by atoms with van der Waals surface area (Å²) in [7, 11) is 0. The van der Waals surface area contributed by atoms with Crippen molar-refractivity contribution < 1.29 is 19.8 Å². The first kappa shape index (κ1) is 20.8. The molecular formula is C24H20N4O4. The van der Waals surface area contributed by atoms with Gasteiger partial charge in [-0.25, -0.2) is 9.97 Å². The standard InChI is InChI=1S/C24H20N4O4/c29-18-12-11-17-22(20(18)24(32)26-14-19(30)31)28-21(16-9-5-2-6-10-16)23(27-17)25-13-15-7-3-1-4-8-15/h1-12,29H,13-14H2,(H,25,27)(H,26,32)(H,30,31). The largest absolute Gasteiger partial charge is 0.507 e. The minimum Gasteiger partial charge on any atom is -0.507 e. The number of hydrogen-bond donors (Lipinski definition) is 4. The van der Waals surface area contributed by atoms with Crippen molar-refractivity contribution in [2.24, 2.45) is 0 Å². The van der Waals surface area contributed by atoms with Crippen LogP contribution in [-0.4, -0.2) is 38.6 Å². The number of phenolic OH excluding ortho intramolecular Hbond substituents is 1. The Hall–Kier alpha value is -4.46. The van der Waals surface area contributed by atoms with Crippen LogP contribution in [0.2, 0.25) is 0 Å². The van der Waals surface area contributed by atoms with Crippen molar-refractivity contribution in [1.82, 2.24) is 15.3 Å². The van der Waals surface area contributed by atoms with E-state index in [1.807, 2.05) is 60.7 Å². The maximum absolute atomic E-state index is 12.6. The number of nitrogens with zero attached hydrogens (tertiary/aromatic N) is 2. The smallest absolute Gasteiger partial charge is 0.322 e. The molecule has 1 heterocycles. The van der Waals surface area contributed by atoms with Crippen LogP contribution in [0.1, 0.15) is 15.9 Å². The Bertz CT molecular complexity index is 1280. The van der Waals surface area contributed by atoms with Gasteiger partial charge in [-0.2, -0.15) is 0 Å². The van der Waals surface area contributed by atoms with E-state index in [9.17, 15) is 14.7 Å². The molecule has 4 aromatic rings. The first-order valence-corrected chi connectivity index (χ1v) is 9.90. The summed E-state index contributed by atoms with van der Waals surface area (Å²) in [6.45, 7) is -0.0603. The fourth-order valence-electron chi connectivity index (χ4n) is 3.28. The predicted molar refractivity (Wildman–Crippen MR) is 120 cm³/mol. The van der Waals surface area contributed by atoms with E-state index in [1.54, 1.807) is 6.07 Å². The number of carboxylic acids is 1. The summed E-state index contributed by atoms with van der Waals surface area (Å²) in [6, 6.07) is 22.1. The van der Waals surface area contributed by atoms with Gasteiger partial charge in [0.2, 0.25) is 0 Å². The third kappa shape index (κ3) is 4.49. The number of amides is 1. The normalized spacial score (nSPS) is 10.6. The van der Waals surface area contributed by atoms with Crippen molar-refractivity contribution >= 4 is 28.7 Å². The zero-order chi connectivity index (χ0) is 22.5.